The smallest absolute Gasteiger partial charge is 0.352 e. The minimum Gasteiger partial charge on any atom is -0.496 e. The van der Waals surface area contributed by atoms with Crippen LogP contribution >= 0.6 is 11.8 Å². The first-order valence-electron chi connectivity index (χ1n) is 8.98. The first-order valence-corrected chi connectivity index (χ1v) is 10.0. The van der Waals surface area contributed by atoms with Crippen molar-refractivity contribution in [2.24, 2.45) is 0 Å². The SMILES string of the molecule is COc1ccccc1/C=C/C(=O)N[C@@H]1C(=O)N2C(C(=O)O)=C(COC(C)=O)CS[C@H]12. The molecule has 158 valence electrons. The number of carbonyl (C=O) groups is 4. The number of hydrogen-bond acceptors (Lipinski definition) is 7. The number of hydrogen-bond donors (Lipinski definition) is 2. The Morgan fingerprint density at radius 2 is 2.07 bits per heavy atom. The number of amides is 2. The van der Waals surface area contributed by atoms with Gasteiger partial charge >= 0.3 is 11.9 Å². The molecular formula is C20H20N2O7S. The Morgan fingerprint density at radius 3 is 2.73 bits per heavy atom. The number of ether oxygens (including phenoxy) is 2. The lowest BCUT2D eigenvalue weighted by molar-refractivity contribution is -0.150. The van der Waals surface area contributed by atoms with Crippen LogP contribution in [0.3, 0.4) is 0 Å². The number of fused-ring (bicyclic) bond motifs is 1. The molecule has 2 N–H and O–H groups in total. The van der Waals surface area contributed by atoms with E-state index in [2.05, 4.69) is 5.32 Å². The van der Waals surface area contributed by atoms with Gasteiger partial charge < -0.3 is 19.9 Å². The van der Waals surface area contributed by atoms with Crippen LogP contribution in [0.5, 0.6) is 5.75 Å². The lowest BCUT2D eigenvalue weighted by Crippen LogP contribution is -2.70. The Balaban J connectivity index is 1.69. The molecule has 2 aliphatic heterocycles. The summed E-state index contributed by atoms with van der Waals surface area (Å²) in [5, 5.41) is 11.6. The van der Waals surface area contributed by atoms with Gasteiger partial charge in [0.1, 0.15) is 29.5 Å². The number of thioether (sulfide) groups is 1. The van der Waals surface area contributed by atoms with Gasteiger partial charge in [-0.15, -0.1) is 11.8 Å². The standard InChI is InChI=1S/C20H20N2O7S/c1-11(23)29-9-13-10-30-19-16(18(25)22(19)17(13)20(26)27)21-15(24)8-7-12-5-3-4-6-14(12)28-2/h3-8,16,19H,9-10H2,1-2H3,(H,21,24)(H,26,27)/b8-7+/t16-,19-/m1/s1. The second-order valence-electron chi connectivity index (χ2n) is 6.51. The van der Waals surface area contributed by atoms with E-state index in [4.69, 9.17) is 9.47 Å². The van der Waals surface area contributed by atoms with Crippen molar-refractivity contribution in [1.82, 2.24) is 10.2 Å². The minimum absolute atomic E-state index is 0.194. The van der Waals surface area contributed by atoms with E-state index >= 15 is 0 Å². The van der Waals surface area contributed by atoms with Crippen molar-refractivity contribution in [3.63, 3.8) is 0 Å². The van der Waals surface area contributed by atoms with Gasteiger partial charge in [0.2, 0.25) is 5.91 Å². The normalized spacial score (nSPS) is 20.5. The van der Waals surface area contributed by atoms with Gasteiger partial charge in [-0.3, -0.25) is 19.3 Å². The molecule has 2 aliphatic rings. The van der Waals surface area contributed by atoms with Crippen molar-refractivity contribution in [2.45, 2.75) is 18.3 Å². The van der Waals surface area contributed by atoms with Gasteiger partial charge in [0.15, 0.2) is 0 Å². The van der Waals surface area contributed by atoms with Gasteiger partial charge in [-0.2, -0.15) is 0 Å². The molecule has 0 aliphatic carbocycles. The number of methoxy groups -OCH3 is 1. The fourth-order valence-corrected chi connectivity index (χ4v) is 4.48. The zero-order chi connectivity index (χ0) is 21.8. The van der Waals surface area contributed by atoms with Crippen LogP contribution in [-0.2, 0) is 23.9 Å². The highest BCUT2D eigenvalue weighted by Gasteiger charge is 2.54. The summed E-state index contributed by atoms with van der Waals surface area (Å²) in [6.45, 7) is 1.03. The zero-order valence-electron chi connectivity index (χ0n) is 16.3. The molecule has 0 bridgehead atoms. The van der Waals surface area contributed by atoms with E-state index in [-0.39, 0.29) is 18.1 Å². The van der Waals surface area contributed by atoms with E-state index in [0.717, 1.165) is 4.90 Å². The first kappa shape index (κ1) is 21.4. The van der Waals surface area contributed by atoms with E-state index in [1.54, 1.807) is 30.3 Å². The van der Waals surface area contributed by atoms with E-state index in [1.165, 1.54) is 31.9 Å². The molecule has 1 aromatic carbocycles. The molecule has 1 aromatic rings. The number of carboxylic acids is 1. The van der Waals surface area contributed by atoms with Crippen LogP contribution in [0.25, 0.3) is 6.08 Å². The van der Waals surface area contributed by atoms with E-state index in [1.807, 2.05) is 0 Å². The third kappa shape index (κ3) is 4.33. The molecule has 1 fully saturated rings. The number of nitrogens with one attached hydrogen (secondary N) is 1. The predicted octanol–water partition coefficient (Wildman–Crippen LogP) is 1.01. The summed E-state index contributed by atoms with van der Waals surface area (Å²) in [6, 6.07) is 6.32. The van der Waals surface area contributed by atoms with Crippen molar-refractivity contribution >= 4 is 41.6 Å². The van der Waals surface area contributed by atoms with Crippen molar-refractivity contribution in [1.29, 1.82) is 0 Å². The fraction of sp³-hybridized carbons (Fsp3) is 0.300. The maximum atomic E-state index is 12.6. The number of para-hydroxylation sites is 1. The summed E-state index contributed by atoms with van der Waals surface area (Å²) in [7, 11) is 1.53. The van der Waals surface area contributed by atoms with Crippen LogP contribution in [0.15, 0.2) is 41.6 Å². The molecule has 10 heteroatoms. The average Bonchev–Trinajstić information content (AvgIpc) is 2.73. The van der Waals surface area contributed by atoms with E-state index in [0.29, 0.717) is 16.9 Å². The van der Waals surface area contributed by atoms with Gasteiger partial charge in [-0.1, -0.05) is 18.2 Å². The number of rotatable bonds is 7. The highest BCUT2D eigenvalue weighted by atomic mass is 32.2. The highest BCUT2D eigenvalue weighted by Crippen LogP contribution is 2.40. The molecule has 0 unspecified atom stereocenters. The third-order valence-corrected chi connectivity index (χ3v) is 5.89. The van der Waals surface area contributed by atoms with Gasteiger partial charge in [0, 0.05) is 29.9 Å². The molecule has 30 heavy (non-hydrogen) atoms. The van der Waals surface area contributed by atoms with Crippen molar-refractivity contribution < 1.29 is 33.8 Å². The molecule has 9 nitrogen and oxygen atoms in total. The maximum absolute atomic E-state index is 12.6. The Labute approximate surface area is 176 Å². The number of β-lactam (4-membered cyclic amide) rings is 1. The second-order valence-corrected chi connectivity index (χ2v) is 7.61. The van der Waals surface area contributed by atoms with Crippen molar-refractivity contribution in [3.05, 3.63) is 47.2 Å². The molecule has 0 saturated carbocycles. The fourth-order valence-electron chi connectivity index (χ4n) is 3.15. The molecule has 2 amide bonds. The number of carbonyl (C=O) groups excluding carboxylic acids is 3. The minimum atomic E-state index is -1.28. The largest absolute Gasteiger partial charge is 0.496 e. The molecule has 2 atom stereocenters. The third-order valence-electron chi connectivity index (χ3n) is 4.55. The topological polar surface area (TPSA) is 122 Å². The average molecular weight is 432 g/mol. The van der Waals surface area contributed by atoms with E-state index in [9.17, 15) is 24.3 Å². The second kappa shape index (κ2) is 9.04. The lowest BCUT2D eigenvalue weighted by atomic mass is 10.0. The number of carboxylic acid groups (broad SMARTS) is 1. The number of esters is 1. The molecule has 1 saturated heterocycles. The van der Waals surface area contributed by atoms with E-state index < -0.39 is 35.2 Å². The molecule has 0 radical (unpaired) electrons. The highest BCUT2D eigenvalue weighted by molar-refractivity contribution is 8.00. The summed E-state index contributed by atoms with van der Waals surface area (Å²) in [5.41, 5.74) is 0.850. The van der Waals surface area contributed by atoms with Gasteiger partial charge in [0.25, 0.3) is 5.91 Å². The van der Waals surface area contributed by atoms with Crippen LogP contribution in [0.4, 0.5) is 0 Å². The molecule has 0 aromatic heterocycles. The number of benzene rings is 1. The van der Waals surface area contributed by atoms with Crippen LogP contribution in [0.1, 0.15) is 12.5 Å². The molecule has 0 spiro atoms. The Bertz CT molecular complexity index is 956. The van der Waals surface area contributed by atoms with Gasteiger partial charge in [-0.25, -0.2) is 4.79 Å². The van der Waals surface area contributed by atoms with Crippen molar-refractivity contribution in [3.8, 4) is 5.75 Å². The monoisotopic (exact) mass is 432 g/mol. The Hall–Kier alpha value is -3.27. The number of aliphatic carboxylic acids is 1. The van der Waals surface area contributed by atoms with Crippen LogP contribution in [0.2, 0.25) is 0 Å². The lowest BCUT2D eigenvalue weighted by Gasteiger charge is -2.49. The van der Waals surface area contributed by atoms with Gasteiger partial charge in [0.05, 0.1) is 7.11 Å². The first-order chi connectivity index (χ1) is 14.3. The maximum Gasteiger partial charge on any atom is 0.352 e. The summed E-state index contributed by atoms with van der Waals surface area (Å²) < 4.78 is 10.1. The summed E-state index contributed by atoms with van der Waals surface area (Å²) in [4.78, 5) is 48.7. The van der Waals surface area contributed by atoms with Crippen LogP contribution in [-0.4, -0.2) is 64.6 Å². The van der Waals surface area contributed by atoms with Crippen molar-refractivity contribution in [2.75, 3.05) is 19.5 Å². The summed E-state index contributed by atoms with van der Waals surface area (Å²) in [6.07, 6.45) is 2.87. The van der Waals surface area contributed by atoms with Crippen LogP contribution in [0, 0.1) is 0 Å². The molecule has 2 heterocycles. The molecule has 3 rings (SSSR count). The Morgan fingerprint density at radius 1 is 1.33 bits per heavy atom. The summed E-state index contributed by atoms with van der Waals surface area (Å²) >= 11 is 1.30. The number of nitrogens with zero attached hydrogens (tertiary/aromatic N) is 1. The summed E-state index contributed by atoms with van der Waals surface area (Å²) in [5.74, 6) is -1.95. The molecular weight excluding hydrogens is 412 g/mol. The predicted molar refractivity (Wildman–Crippen MR) is 108 cm³/mol. The zero-order valence-corrected chi connectivity index (χ0v) is 17.1. The quantitative estimate of drug-likeness (QED) is 0.372. The Kier molecular flexibility index (Phi) is 6.46. The van der Waals surface area contributed by atoms with Crippen LogP contribution < -0.4 is 10.1 Å². The van der Waals surface area contributed by atoms with Gasteiger partial charge in [-0.05, 0) is 12.1 Å².